The molecule has 2 atom stereocenters. The van der Waals surface area contributed by atoms with Crippen molar-refractivity contribution in [2.45, 2.75) is 19.4 Å². The molecule has 2 unspecified atom stereocenters. The number of hydrogen-bond acceptors (Lipinski definition) is 6. The Morgan fingerprint density at radius 1 is 1.35 bits per heavy atom. The van der Waals surface area contributed by atoms with Crippen molar-refractivity contribution < 1.29 is 25.0 Å². The van der Waals surface area contributed by atoms with Gasteiger partial charge < -0.3 is 20.2 Å². The molecule has 0 aromatic heterocycles. The monoisotopic (exact) mass is 280 g/mol. The van der Waals surface area contributed by atoms with E-state index in [2.05, 4.69) is 0 Å². The van der Waals surface area contributed by atoms with E-state index in [-0.39, 0.29) is 16.8 Å². The zero-order chi connectivity index (χ0) is 15.0. The molecule has 1 aliphatic heterocycles. The molecular weight excluding hydrogens is 268 g/mol. The molecule has 0 fully saturated rings. The number of benzene rings is 1. The van der Waals surface area contributed by atoms with Gasteiger partial charge in [0, 0.05) is 35.0 Å². The van der Waals surface area contributed by atoms with Crippen LogP contribution in [0.2, 0.25) is 0 Å². The molecule has 0 amide bonds. The standard InChI is InChI=1S/C12H12N2O6/c1-6(12(17)18)5-13-10(15)8-3-2-7(14(19)20)4-9(8)11(13)16/h2-5,10-11,15-16H,1H3,(H,17,18). The zero-order valence-electron chi connectivity index (χ0n) is 10.4. The fourth-order valence-electron chi connectivity index (χ4n) is 2.01. The Morgan fingerprint density at radius 3 is 2.50 bits per heavy atom. The molecule has 0 aliphatic carbocycles. The molecule has 8 nitrogen and oxygen atoms in total. The lowest BCUT2D eigenvalue weighted by atomic mass is 10.1. The van der Waals surface area contributed by atoms with Crippen LogP contribution in [0.25, 0.3) is 0 Å². The van der Waals surface area contributed by atoms with Gasteiger partial charge in [0.15, 0.2) is 12.5 Å². The Balaban J connectivity index is 2.42. The third kappa shape index (κ3) is 2.22. The van der Waals surface area contributed by atoms with E-state index in [9.17, 15) is 25.1 Å². The number of non-ortho nitro benzene ring substituents is 1. The Hall–Kier alpha value is -2.45. The van der Waals surface area contributed by atoms with Crippen molar-refractivity contribution in [3.8, 4) is 0 Å². The van der Waals surface area contributed by atoms with Gasteiger partial charge >= 0.3 is 5.97 Å². The lowest BCUT2D eigenvalue weighted by Gasteiger charge is -2.22. The number of fused-ring (bicyclic) bond motifs is 1. The summed E-state index contributed by atoms with van der Waals surface area (Å²) in [5.74, 6) is -1.19. The molecule has 1 aliphatic rings. The van der Waals surface area contributed by atoms with Crippen molar-refractivity contribution in [3.05, 3.63) is 51.2 Å². The van der Waals surface area contributed by atoms with E-state index in [1.54, 1.807) is 0 Å². The lowest BCUT2D eigenvalue weighted by Crippen LogP contribution is -2.21. The summed E-state index contributed by atoms with van der Waals surface area (Å²) < 4.78 is 0. The van der Waals surface area contributed by atoms with Crippen molar-refractivity contribution in [3.63, 3.8) is 0 Å². The van der Waals surface area contributed by atoms with Gasteiger partial charge in [-0.2, -0.15) is 0 Å². The molecule has 1 aromatic carbocycles. The number of carbonyl (C=O) groups is 1. The summed E-state index contributed by atoms with van der Waals surface area (Å²) in [6.45, 7) is 1.31. The highest BCUT2D eigenvalue weighted by atomic mass is 16.6. The first kappa shape index (κ1) is 14.0. The van der Waals surface area contributed by atoms with E-state index in [0.717, 1.165) is 17.2 Å². The lowest BCUT2D eigenvalue weighted by molar-refractivity contribution is -0.385. The summed E-state index contributed by atoms with van der Waals surface area (Å²) in [4.78, 5) is 21.9. The minimum atomic E-state index is -1.34. The molecular formula is C12H12N2O6. The molecule has 8 heteroatoms. The number of aliphatic hydroxyl groups excluding tert-OH is 2. The summed E-state index contributed by atoms with van der Waals surface area (Å²) in [6, 6.07) is 3.71. The highest BCUT2D eigenvalue weighted by Gasteiger charge is 2.36. The third-order valence-corrected chi connectivity index (χ3v) is 3.08. The molecule has 0 saturated heterocycles. The van der Waals surface area contributed by atoms with Crippen molar-refractivity contribution >= 4 is 11.7 Å². The van der Waals surface area contributed by atoms with Crippen LogP contribution in [0.1, 0.15) is 30.5 Å². The van der Waals surface area contributed by atoms with Crippen molar-refractivity contribution in [2.24, 2.45) is 0 Å². The fraction of sp³-hybridized carbons (Fsp3) is 0.250. The Bertz CT molecular complexity index is 612. The van der Waals surface area contributed by atoms with E-state index in [1.165, 1.54) is 19.1 Å². The average Bonchev–Trinajstić information content (AvgIpc) is 2.63. The van der Waals surface area contributed by atoms with Gasteiger partial charge in [-0.05, 0) is 13.0 Å². The summed E-state index contributed by atoms with van der Waals surface area (Å²) in [6.07, 6.45) is -1.49. The maximum atomic E-state index is 10.8. The molecule has 0 spiro atoms. The number of nitro benzene ring substituents is 1. The molecule has 0 saturated carbocycles. The first-order chi connectivity index (χ1) is 9.32. The van der Waals surface area contributed by atoms with Crippen LogP contribution >= 0.6 is 0 Å². The van der Waals surface area contributed by atoms with Gasteiger partial charge in [-0.3, -0.25) is 10.1 Å². The van der Waals surface area contributed by atoms with Crippen molar-refractivity contribution in [1.82, 2.24) is 4.90 Å². The second kappa shape index (κ2) is 4.91. The predicted molar refractivity (Wildman–Crippen MR) is 66.2 cm³/mol. The first-order valence-electron chi connectivity index (χ1n) is 5.66. The molecule has 1 aromatic rings. The van der Waals surface area contributed by atoms with E-state index >= 15 is 0 Å². The summed E-state index contributed by atoms with van der Waals surface area (Å²) >= 11 is 0. The Kier molecular flexibility index (Phi) is 3.43. The van der Waals surface area contributed by atoms with Crippen LogP contribution in [0.5, 0.6) is 0 Å². The minimum absolute atomic E-state index is 0.0783. The number of rotatable bonds is 3. The number of nitro groups is 1. The maximum Gasteiger partial charge on any atom is 0.332 e. The Labute approximate surface area is 113 Å². The van der Waals surface area contributed by atoms with Gasteiger partial charge in [0.2, 0.25) is 0 Å². The third-order valence-electron chi connectivity index (χ3n) is 3.08. The van der Waals surface area contributed by atoms with E-state index < -0.39 is 23.3 Å². The number of carboxylic acids is 1. The molecule has 20 heavy (non-hydrogen) atoms. The second-order valence-corrected chi connectivity index (χ2v) is 4.38. The largest absolute Gasteiger partial charge is 0.478 e. The number of hydrogen-bond donors (Lipinski definition) is 3. The van der Waals surface area contributed by atoms with Crippen LogP contribution in [0.4, 0.5) is 5.69 Å². The van der Waals surface area contributed by atoms with Gasteiger partial charge in [-0.25, -0.2) is 4.79 Å². The molecule has 106 valence electrons. The quantitative estimate of drug-likeness (QED) is 0.426. The molecule has 1 heterocycles. The van der Waals surface area contributed by atoms with Crippen LogP contribution in [-0.2, 0) is 4.79 Å². The topological polar surface area (TPSA) is 124 Å². The summed E-state index contributed by atoms with van der Waals surface area (Å²) in [7, 11) is 0. The molecule has 0 radical (unpaired) electrons. The molecule has 3 N–H and O–H groups in total. The van der Waals surface area contributed by atoms with Crippen molar-refractivity contribution in [2.75, 3.05) is 0 Å². The van der Waals surface area contributed by atoms with Gasteiger partial charge in [0.05, 0.1) is 4.92 Å². The molecule has 2 rings (SSSR count). The molecule has 0 bridgehead atoms. The van der Waals surface area contributed by atoms with Gasteiger partial charge in [-0.15, -0.1) is 0 Å². The number of aliphatic hydroxyl groups is 2. The van der Waals surface area contributed by atoms with Gasteiger partial charge in [-0.1, -0.05) is 0 Å². The maximum absolute atomic E-state index is 10.8. The number of carboxylic acid groups (broad SMARTS) is 1. The van der Waals surface area contributed by atoms with Gasteiger partial charge in [0.1, 0.15) is 0 Å². The van der Waals surface area contributed by atoms with E-state index in [4.69, 9.17) is 5.11 Å². The van der Waals surface area contributed by atoms with Crippen LogP contribution < -0.4 is 0 Å². The normalized spacial score (nSPS) is 21.8. The van der Waals surface area contributed by atoms with Crippen LogP contribution in [0.3, 0.4) is 0 Å². The van der Waals surface area contributed by atoms with E-state index in [1.807, 2.05) is 0 Å². The van der Waals surface area contributed by atoms with Crippen LogP contribution in [0, 0.1) is 10.1 Å². The van der Waals surface area contributed by atoms with Crippen molar-refractivity contribution in [1.29, 1.82) is 0 Å². The summed E-state index contributed by atoms with van der Waals surface area (Å²) in [5.41, 5.74) is 0.194. The SMILES string of the molecule is CC(=CN1C(O)c2ccc([N+](=O)[O-])cc2C1O)C(=O)O. The minimum Gasteiger partial charge on any atom is -0.478 e. The van der Waals surface area contributed by atoms with E-state index in [0.29, 0.717) is 5.56 Å². The zero-order valence-corrected chi connectivity index (χ0v) is 10.4. The fourth-order valence-corrected chi connectivity index (χ4v) is 2.01. The highest BCUT2D eigenvalue weighted by Crippen LogP contribution is 2.41. The second-order valence-electron chi connectivity index (χ2n) is 4.38. The predicted octanol–water partition coefficient (Wildman–Crippen LogP) is 0.881. The smallest absolute Gasteiger partial charge is 0.332 e. The Morgan fingerprint density at radius 2 is 1.95 bits per heavy atom. The first-order valence-corrected chi connectivity index (χ1v) is 5.66. The number of aliphatic carboxylic acids is 1. The van der Waals surface area contributed by atoms with Gasteiger partial charge in [0.25, 0.3) is 5.69 Å². The van der Waals surface area contributed by atoms with Crippen LogP contribution in [-0.4, -0.2) is 31.1 Å². The average molecular weight is 280 g/mol. The highest BCUT2D eigenvalue weighted by molar-refractivity contribution is 5.85. The number of nitrogens with zero attached hydrogens (tertiary/aromatic N) is 2. The van der Waals surface area contributed by atoms with Crippen LogP contribution in [0.15, 0.2) is 30.0 Å². The summed E-state index contributed by atoms with van der Waals surface area (Å²) in [5, 5.41) is 39.6.